The van der Waals surface area contributed by atoms with Crippen LogP contribution in [0.25, 0.3) is 0 Å². The Morgan fingerprint density at radius 2 is 1.71 bits per heavy atom. The third-order valence-electron chi connectivity index (χ3n) is 2.30. The maximum absolute atomic E-state index is 12.1. The van der Waals surface area contributed by atoms with Gasteiger partial charge in [0.25, 0.3) is 0 Å². The van der Waals surface area contributed by atoms with Crippen molar-refractivity contribution in [1.82, 2.24) is 0 Å². The number of hydrogen-bond acceptors (Lipinski definition) is 5. The first-order chi connectivity index (χ1) is 9.87. The summed E-state index contributed by atoms with van der Waals surface area (Å²) in [5.74, 6) is 0. The second kappa shape index (κ2) is 12.2. The molecule has 0 radical (unpaired) electrons. The van der Waals surface area contributed by atoms with Gasteiger partial charge in [0.05, 0.1) is 26.4 Å². The van der Waals surface area contributed by atoms with Gasteiger partial charge in [0.1, 0.15) is 5.56 Å². The van der Waals surface area contributed by atoms with Gasteiger partial charge >= 0.3 is 7.82 Å². The van der Waals surface area contributed by atoms with E-state index >= 15 is 0 Å². The van der Waals surface area contributed by atoms with E-state index in [-0.39, 0.29) is 25.2 Å². The fourth-order valence-electron chi connectivity index (χ4n) is 1.15. The van der Waals surface area contributed by atoms with Gasteiger partial charge in [-0.2, -0.15) is 0 Å². The van der Waals surface area contributed by atoms with E-state index in [9.17, 15) is 4.57 Å². The number of phosphoric ester groups is 1. The molecular weight excluding hydrogens is 518 g/mol. The van der Waals surface area contributed by atoms with Gasteiger partial charge < -0.3 is 4.74 Å². The fourth-order valence-corrected chi connectivity index (χ4v) is 5.88. The van der Waals surface area contributed by atoms with Crippen LogP contribution in [0.1, 0.15) is 13.8 Å². The maximum Gasteiger partial charge on any atom is 0.476 e. The molecule has 0 aromatic rings. The molecule has 0 saturated carbocycles. The maximum atomic E-state index is 12.1. The SMILES string of the molecule is CCOP(=O)(OCCOCC(CBr)(CBr)CBr)OC(C)Cl. The fraction of sp³-hybridized carbons (Fsp3) is 1.00. The van der Waals surface area contributed by atoms with Gasteiger partial charge in [0.15, 0.2) is 0 Å². The first-order valence-electron chi connectivity index (χ1n) is 6.34. The van der Waals surface area contributed by atoms with Crippen LogP contribution in [0.5, 0.6) is 0 Å². The largest absolute Gasteiger partial charge is 0.476 e. The van der Waals surface area contributed by atoms with Gasteiger partial charge in [-0.05, 0) is 13.8 Å². The molecule has 5 nitrogen and oxygen atoms in total. The van der Waals surface area contributed by atoms with Crippen LogP contribution in [-0.2, 0) is 22.9 Å². The molecule has 0 heterocycles. The van der Waals surface area contributed by atoms with Crippen molar-refractivity contribution in [1.29, 1.82) is 0 Å². The van der Waals surface area contributed by atoms with Crippen LogP contribution in [0.4, 0.5) is 0 Å². The Balaban J connectivity index is 4.14. The minimum Gasteiger partial charge on any atom is -0.378 e. The highest BCUT2D eigenvalue weighted by Crippen LogP contribution is 2.50. The molecule has 21 heavy (non-hydrogen) atoms. The Hall–Kier alpha value is 1.80. The topological polar surface area (TPSA) is 54.0 Å². The van der Waals surface area contributed by atoms with E-state index in [0.717, 1.165) is 16.0 Å². The first kappa shape index (κ1) is 22.8. The van der Waals surface area contributed by atoms with Crippen molar-refractivity contribution < 1.29 is 22.9 Å². The van der Waals surface area contributed by atoms with E-state index < -0.39 is 13.4 Å². The molecule has 0 aromatic heterocycles. The van der Waals surface area contributed by atoms with Crippen molar-refractivity contribution in [2.24, 2.45) is 5.41 Å². The van der Waals surface area contributed by atoms with Crippen LogP contribution in [0.3, 0.4) is 0 Å². The lowest BCUT2D eigenvalue weighted by molar-refractivity contribution is 0.0394. The molecule has 2 unspecified atom stereocenters. The summed E-state index contributed by atoms with van der Waals surface area (Å²) >= 11 is 16.1. The lowest BCUT2D eigenvalue weighted by atomic mass is 9.98. The summed E-state index contributed by atoms with van der Waals surface area (Å²) in [5, 5.41) is 2.38. The van der Waals surface area contributed by atoms with E-state index in [4.69, 9.17) is 29.9 Å². The summed E-state index contributed by atoms with van der Waals surface area (Å²) in [6.45, 7) is 4.37. The van der Waals surface area contributed by atoms with E-state index in [2.05, 4.69) is 47.8 Å². The number of rotatable bonds is 13. The van der Waals surface area contributed by atoms with Gasteiger partial charge in [-0.3, -0.25) is 13.6 Å². The second-order valence-corrected chi connectivity index (χ2v) is 8.22. The number of phosphoric acid groups is 1. The van der Waals surface area contributed by atoms with Crippen LogP contribution in [-0.4, -0.2) is 48.0 Å². The molecule has 128 valence electrons. The smallest absolute Gasteiger partial charge is 0.378 e. The monoisotopic (exact) mass is 536 g/mol. The summed E-state index contributed by atoms with van der Waals surface area (Å²) < 4.78 is 32.8. The Kier molecular flexibility index (Phi) is 13.2. The molecule has 0 rings (SSSR count). The van der Waals surface area contributed by atoms with Crippen molar-refractivity contribution in [2.75, 3.05) is 42.4 Å². The molecule has 10 heteroatoms. The number of alkyl halides is 4. The molecule has 0 aliphatic heterocycles. The van der Waals surface area contributed by atoms with Crippen LogP contribution in [0, 0.1) is 5.41 Å². The van der Waals surface area contributed by atoms with Crippen LogP contribution >= 0.6 is 67.2 Å². The van der Waals surface area contributed by atoms with E-state index in [1.165, 1.54) is 0 Å². The van der Waals surface area contributed by atoms with Crippen LogP contribution in [0.15, 0.2) is 0 Å². The summed E-state index contributed by atoms with van der Waals surface area (Å²) in [7, 11) is -3.62. The summed E-state index contributed by atoms with van der Waals surface area (Å²) in [6, 6.07) is 0. The Morgan fingerprint density at radius 3 is 2.14 bits per heavy atom. The number of halogens is 4. The lowest BCUT2D eigenvalue weighted by Gasteiger charge is -2.27. The summed E-state index contributed by atoms with van der Waals surface area (Å²) in [6.07, 6.45) is 0. The van der Waals surface area contributed by atoms with Gasteiger partial charge in [0.2, 0.25) is 0 Å². The Bertz CT molecular complexity index is 310. The van der Waals surface area contributed by atoms with Gasteiger partial charge in [-0.1, -0.05) is 59.4 Å². The molecule has 0 aromatic carbocycles. The molecule has 0 amide bonds. The zero-order chi connectivity index (χ0) is 16.4. The van der Waals surface area contributed by atoms with Crippen molar-refractivity contribution in [2.45, 2.75) is 19.4 Å². The molecule has 0 aliphatic rings. The third kappa shape index (κ3) is 9.62. The zero-order valence-corrected chi connectivity index (χ0v) is 18.4. The van der Waals surface area contributed by atoms with Gasteiger partial charge in [0, 0.05) is 21.4 Å². The molecule has 0 aliphatic carbocycles. The molecule has 0 saturated heterocycles. The normalized spacial score (nSPS) is 16.7. The minimum absolute atomic E-state index is 0.0369. The van der Waals surface area contributed by atoms with Crippen molar-refractivity contribution in [3.8, 4) is 0 Å². The average molecular weight is 539 g/mol. The van der Waals surface area contributed by atoms with Crippen LogP contribution < -0.4 is 0 Å². The molecule has 0 N–H and O–H groups in total. The Labute approximate surface area is 156 Å². The average Bonchev–Trinajstić information content (AvgIpc) is 2.43. The van der Waals surface area contributed by atoms with Crippen LogP contribution in [0.2, 0.25) is 0 Å². The van der Waals surface area contributed by atoms with Gasteiger partial charge in [-0.25, -0.2) is 4.57 Å². The second-order valence-electron chi connectivity index (χ2n) is 4.30. The highest BCUT2D eigenvalue weighted by Gasteiger charge is 2.29. The quantitative estimate of drug-likeness (QED) is 0.189. The molecule has 2 atom stereocenters. The Morgan fingerprint density at radius 1 is 1.14 bits per heavy atom. The van der Waals surface area contributed by atoms with E-state index in [1.54, 1.807) is 13.8 Å². The predicted molar refractivity (Wildman–Crippen MR) is 96.2 cm³/mol. The number of hydrogen-bond donors (Lipinski definition) is 0. The van der Waals surface area contributed by atoms with E-state index in [1.807, 2.05) is 0 Å². The molecule has 0 spiro atoms. The zero-order valence-electron chi connectivity index (χ0n) is 12.0. The summed E-state index contributed by atoms with van der Waals surface area (Å²) in [5.41, 5.74) is -0.795. The van der Waals surface area contributed by atoms with Crippen molar-refractivity contribution in [3.63, 3.8) is 0 Å². The highest BCUT2D eigenvalue weighted by atomic mass is 79.9. The number of ether oxygens (including phenoxy) is 1. The predicted octanol–water partition coefficient (Wildman–Crippen LogP) is 4.94. The van der Waals surface area contributed by atoms with Crippen molar-refractivity contribution >= 4 is 67.2 Å². The summed E-state index contributed by atoms with van der Waals surface area (Å²) in [4.78, 5) is 0. The lowest BCUT2D eigenvalue weighted by Crippen LogP contribution is -2.33. The van der Waals surface area contributed by atoms with E-state index in [0.29, 0.717) is 6.61 Å². The van der Waals surface area contributed by atoms with Gasteiger partial charge in [-0.15, -0.1) is 0 Å². The molecule has 0 bridgehead atoms. The molecular formula is C11H21Br3ClO5P. The molecule has 0 fully saturated rings. The minimum atomic E-state index is -3.62. The standard InChI is InChI=1S/C11H21Br3ClO5P/c1-3-18-21(16,20-10(2)15)19-5-4-17-9-11(6-12,7-13)8-14/h10H,3-9H2,1-2H3. The third-order valence-corrected chi connectivity index (χ3v) is 7.73. The van der Waals surface area contributed by atoms with Crippen molar-refractivity contribution in [3.05, 3.63) is 0 Å². The highest BCUT2D eigenvalue weighted by molar-refractivity contribution is 9.10. The first-order valence-corrected chi connectivity index (χ1v) is 11.6.